The van der Waals surface area contributed by atoms with Gasteiger partial charge in [-0.2, -0.15) is 23.3 Å². The van der Waals surface area contributed by atoms with Gasteiger partial charge in [0, 0.05) is 0 Å². The molecule has 0 aromatic heterocycles. The molecule has 184 valence electrons. The summed E-state index contributed by atoms with van der Waals surface area (Å²) in [5, 5.41) is 5.28. The second kappa shape index (κ2) is 14.3. The molecular weight excluding hydrogens is 608 g/mol. The zero-order valence-electron chi connectivity index (χ0n) is 22.1. The maximum absolute atomic E-state index is 3.36. The van der Waals surface area contributed by atoms with Gasteiger partial charge in [-0.3, -0.25) is 12.2 Å². The Hall–Kier alpha value is -1.92. The first-order valence-electron chi connectivity index (χ1n) is 12.5. The Balaban J connectivity index is 0.000000176. The molecule has 0 saturated carbocycles. The van der Waals surface area contributed by atoms with Gasteiger partial charge in [-0.1, -0.05) is 110 Å². The van der Waals surface area contributed by atoms with E-state index in [9.17, 15) is 0 Å². The Morgan fingerprint density at radius 2 is 0.946 bits per heavy atom. The fourth-order valence-corrected chi connectivity index (χ4v) is 4.65. The summed E-state index contributed by atoms with van der Waals surface area (Å²) in [5.41, 5.74) is 7.91. The molecule has 4 aromatic rings. The van der Waals surface area contributed by atoms with Gasteiger partial charge in [0.05, 0.1) is 0 Å². The normalized spacial score (nSPS) is 13.8. The van der Waals surface area contributed by atoms with Crippen LogP contribution in [0.3, 0.4) is 0 Å². The molecule has 0 heterocycles. The van der Waals surface area contributed by atoms with Crippen molar-refractivity contribution in [3.05, 3.63) is 132 Å². The molecule has 0 bridgehead atoms. The van der Waals surface area contributed by atoms with Crippen molar-refractivity contribution in [1.29, 1.82) is 0 Å². The van der Waals surface area contributed by atoms with E-state index in [2.05, 4.69) is 135 Å². The van der Waals surface area contributed by atoms with Gasteiger partial charge in [-0.15, -0.1) is 25.2 Å². The van der Waals surface area contributed by atoms with Crippen molar-refractivity contribution >= 4 is 55.1 Å². The summed E-state index contributed by atoms with van der Waals surface area (Å²) in [5.74, 6) is 4.75. The van der Waals surface area contributed by atoms with Crippen LogP contribution in [0.4, 0.5) is 0 Å². The van der Waals surface area contributed by atoms with Gasteiger partial charge < -0.3 is 0 Å². The molecule has 3 heteroatoms. The van der Waals surface area contributed by atoms with Crippen molar-refractivity contribution in [2.75, 3.05) is 0 Å². The van der Waals surface area contributed by atoms with Crippen LogP contribution in [-0.2, 0) is 21.6 Å². The van der Waals surface area contributed by atoms with Crippen LogP contribution in [-0.4, -0.2) is 9.98 Å². The number of benzene rings is 4. The zero-order chi connectivity index (χ0) is 25.5. The fourth-order valence-electron chi connectivity index (χ4n) is 4.65. The van der Waals surface area contributed by atoms with Gasteiger partial charge in [-0.05, 0) is 21.5 Å². The summed E-state index contributed by atoms with van der Waals surface area (Å²) in [6, 6.07) is 30.1. The number of allylic oxidation sites excluding steroid dienone is 8. The van der Waals surface area contributed by atoms with Crippen molar-refractivity contribution in [3.8, 4) is 0 Å². The standard InChI is InChI=1S/2C16H13.C2H6Ge.ClH.Zr/c2*1-12-6-4-10-14(12)16-11-5-8-13-7-2-3-9-15(13)16;1-3-2;;/h2*2-3,5,7-11H,4H2,1H3;1-2H3;1H;/q2*-1;;;+2. The van der Waals surface area contributed by atoms with Gasteiger partial charge in [0.25, 0.3) is 0 Å². The van der Waals surface area contributed by atoms with Gasteiger partial charge >= 0.3 is 43.1 Å². The first-order valence-corrected chi connectivity index (χ1v) is 24.1. The molecule has 0 amide bonds. The minimum atomic E-state index is -0.243. The van der Waals surface area contributed by atoms with E-state index >= 15 is 0 Å². The molecule has 0 unspecified atom stereocenters. The Bertz CT molecular complexity index is 1410. The van der Waals surface area contributed by atoms with E-state index in [0.29, 0.717) is 0 Å². The van der Waals surface area contributed by atoms with Crippen LogP contribution in [0.25, 0.3) is 32.7 Å². The summed E-state index contributed by atoms with van der Waals surface area (Å²) in [6.07, 6.45) is 13.1. The average Bonchev–Trinajstić information content (AvgIpc) is 3.51. The van der Waals surface area contributed by atoms with E-state index in [4.69, 9.17) is 0 Å². The molecule has 2 aliphatic carbocycles. The maximum atomic E-state index is 3.36. The van der Waals surface area contributed by atoms with E-state index in [-0.39, 0.29) is 22.4 Å². The van der Waals surface area contributed by atoms with E-state index in [1.165, 1.54) is 55.0 Å². The predicted octanol–water partition coefficient (Wildman–Crippen LogP) is 9.96. The van der Waals surface area contributed by atoms with Crippen LogP contribution in [0.5, 0.6) is 0 Å². The summed E-state index contributed by atoms with van der Waals surface area (Å²) in [4.78, 5) is 0. The zero-order valence-corrected chi connectivity index (χ0v) is 27.4. The third kappa shape index (κ3) is 7.57. The van der Waals surface area contributed by atoms with Crippen LogP contribution in [0.15, 0.2) is 108 Å². The van der Waals surface area contributed by atoms with Gasteiger partial charge in [-0.25, -0.2) is 11.1 Å². The molecule has 37 heavy (non-hydrogen) atoms. The Morgan fingerprint density at radius 1 is 0.595 bits per heavy atom. The number of rotatable bonds is 2. The summed E-state index contributed by atoms with van der Waals surface area (Å²) in [6.45, 7) is 4.28. The number of hydrogen-bond acceptors (Lipinski definition) is 0. The van der Waals surface area contributed by atoms with Crippen LogP contribution < -0.4 is 0 Å². The molecule has 0 aliphatic heterocycles. The van der Waals surface area contributed by atoms with Crippen molar-refractivity contribution in [3.63, 3.8) is 0 Å². The molecular formula is C34H33ClGeZr. The van der Waals surface area contributed by atoms with E-state index in [1.54, 1.807) is 21.6 Å². The molecule has 0 atom stereocenters. The van der Waals surface area contributed by atoms with Crippen molar-refractivity contribution < 1.29 is 21.6 Å². The van der Waals surface area contributed by atoms with E-state index in [1.807, 2.05) is 0 Å². The first-order chi connectivity index (χ1) is 17.5. The third-order valence-corrected chi connectivity index (χ3v) is 6.31. The molecule has 0 N–H and O–H groups in total. The van der Waals surface area contributed by atoms with Crippen molar-refractivity contribution in [1.82, 2.24) is 0 Å². The van der Waals surface area contributed by atoms with Gasteiger partial charge in [0.1, 0.15) is 0 Å². The second-order valence-corrected chi connectivity index (χ2v) is 26.3. The third-order valence-electron chi connectivity index (χ3n) is 6.31. The van der Waals surface area contributed by atoms with Crippen LogP contribution in [0.2, 0.25) is 11.5 Å². The number of hydrogen-bond donors (Lipinski definition) is 0. The molecule has 0 saturated heterocycles. The Morgan fingerprint density at radius 3 is 1.30 bits per heavy atom. The molecule has 0 fully saturated rings. The summed E-state index contributed by atoms with van der Waals surface area (Å²) < 4.78 is 0. The van der Waals surface area contributed by atoms with Crippen molar-refractivity contribution in [2.24, 2.45) is 0 Å². The minimum absolute atomic E-state index is 0. The molecule has 0 radical (unpaired) electrons. The molecule has 0 nitrogen and oxygen atoms in total. The molecule has 4 aromatic carbocycles. The number of halogens is 1. The average molecular weight is 641 g/mol. The second-order valence-electron chi connectivity index (χ2n) is 9.30. The summed E-state index contributed by atoms with van der Waals surface area (Å²) >= 11 is 1.80. The quantitative estimate of drug-likeness (QED) is 0.151. The first kappa shape index (κ1) is 29.6. The molecule has 6 rings (SSSR count). The monoisotopic (exact) mass is 640 g/mol. The van der Waals surface area contributed by atoms with Crippen LogP contribution >= 0.6 is 12.4 Å². The summed E-state index contributed by atoms with van der Waals surface area (Å²) in [7, 11) is -0.243. The SMILES string of the molecule is CC1=[C-]CC=C1c1cccc2ccccc12.CC1=[C-]CC=C1c1cccc2ccccc12.Cl.[CH3][Ge]([CH3])=[Zr+2]. The fraction of sp³-hybridized carbons (Fsp3) is 0.176. The Labute approximate surface area is 244 Å². The number of fused-ring (bicyclic) bond motifs is 2. The van der Waals surface area contributed by atoms with Crippen molar-refractivity contribution in [2.45, 2.75) is 38.2 Å². The van der Waals surface area contributed by atoms with Crippen LogP contribution in [0, 0.1) is 12.2 Å². The topological polar surface area (TPSA) is 0 Å². The van der Waals surface area contributed by atoms with E-state index in [0.717, 1.165) is 12.8 Å². The van der Waals surface area contributed by atoms with E-state index < -0.39 is 0 Å². The molecule has 0 spiro atoms. The van der Waals surface area contributed by atoms with Gasteiger partial charge in [0.2, 0.25) is 0 Å². The Kier molecular flexibility index (Phi) is 11.4. The predicted molar refractivity (Wildman–Crippen MR) is 163 cm³/mol. The van der Waals surface area contributed by atoms with Crippen LogP contribution in [0.1, 0.15) is 37.8 Å². The van der Waals surface area contributed by atoms with Gasteiger partial charge in [0.15, 0.2) is 0 Å². The molecule has 2 aliphatic rings.